The summed E-state index contributed by atoms with van der Waals surface area (Å²) in [6, 6.07) is 0. The number of nitrogens with zero attached hydrogens (tertiary/aromatic N) is 3. The number of nitrogens with one attached hydrogen (secondary N) is 2. The third kappa shape index (κ3) is 5.51. The SMILES string of the molecule is CC(C)(C)OC(=O)NCC(F)(F)Cc1nn[nH]n1. The van der Waals surface area contributed by atoms with Gasteiger partial charge in [0.05, 0.1) is 13.0 Å². The summed E-state index contributed by atoms with van der Waals surface area (Å²) in [6.07, 6.45) is -1.60. The van der Waals surface area contributed by atoms with Crippen molar-refractivity contribution in [1.82, 2.24) is 25.9 Å². The minimum absolute atomic E-state index is 0.119. The van der Waals surface area contributed by atoms with Gasteiger partial charge in [0.2, 0.25) is 0 Å². The number of aromatic amines is 1. The second-order valence-electron chi connectivity index (χ2n) is 4.72. The Morgan fingerprint density at radius 1 is 1.44 bits per heavy atom. The summed E-state index contributed by atoms with van der Waals surface area (Å²) in [5, 5.41) is 14.1. The van der Waals surface area contributed by atoms with Gasteiger partial charge < -0.3 is 10.1 Å². The topological polar surface area (TPSA) is 92.8 Å². The number of carbonyl (C=O) groups is 1. The number of hydrogen-bond donors (Lipinski definition) is 2. The van der Waals surface area contributed by atoms with Gasteiger partial charge in [0.15, 0.2) is 5.82 Å². The Hall–Kier alpha value is -1.80. The lowest BCUT2D eigenvalue weighted by Crippen LogP contribution is -2.41. The molecule has 0 aliphatic rings. The molecule has 1 heterocycles. The van der Waals surface area contributed by atoms with Crippen LogP contribution in [0.5, 0.6) is 0 Å². The van der Waals surface area contributed by atoms with Crippen LogP contribution in [0.2, 0.25) is 0 Å². The summed E-state index contributed by atoms with van der Waals surface area (Å²) in [4.78, 5) is 11.2. The summed E-state index contributed by atoms with van der Waals surface area (Å²) >= 11 is 0. The summed E-state index contributed by atoms with van der Waals surface area (Å²) in [5.74, 6) is -3.29. The molecule has 1 aromatic heterocycles. The van der Waals surface area contributed by atoms with Crippen LogP contribution in [0.15, 0.2) is 0 Å². The molecule has 0 atom stereocenters. The van der Waals surface area contributed by atoms with E-state index < -0.39 is 30.6 Å². The molecule has 1 aromatic rings. The Kier molecular flexibility index (Phi) is 4.15. The van der Waals surface area contributed by atoms with Crippen LogP contribution in [0, 0.1) is 0 Å². The number of carbonyl (C=O) groups excluding carboxylic acids is 1. The number of hydrogen-bond acceptors (Lipinski definition) is 5. The van der Waals surface area contributed by atoms with Crippen LogP contribution >= 0.6 is 0 Å². The Morgan fingerprint density at radius 2 is 2.11 bits per heavy atom. The second-order valence-corrected chi connectivity index (χ2v) is 4.72. The minimum atomic E-state index is -3.17. The largest absolute Gasteiger partial charge is 0.444 e. The summed E-state index contributed by atoms with van der Waals surface area (Å²) < 4.78 is 31.6. The van der Waals surface area contributed by atoms with Crippen LogP contribution in [-0.2, 0) is 11.2 Å². The fraction of sp³-hybridized carbons (Fsp3) is 0.778. The number of aromatic nitrogens is 4. The standard InChI is InChI=1S/C9H15F2N5O2/c1-8(2,3)18-7(17)12-5-9(10,11)4-6-13-15-16-14-6/h4-5H2,1-3H3,(H,12,17)(H,13,14,15,16). The molecule has 102 valence electrons. The van der Waals surface area contributed by atoms with E-state index in [0.717, 1.165) is 0 Å². The van der Waals surface area contributed by atoms with Gasteiger partial charge in [-0.25, -0.2) is 13.6 Å². The first-order valence-corrected chi connectivity index (χ1v) is 5.25. The number of H-pyrrole nitrogens is 1. The van der Waals surface area contributed by atoms with Gasteiger partial charge in [0.25, 0.3) is 5.92 Å². The third-order valence-corrected chi connectivity index (χ3v) is 1.70. The van der Waals surface area contributed by atoms with Crippen LogP contribution in [0.3, 0.4) is 0 Å². The molecule has 0 unspecified atom stereocenters. The number of alkyl halides is 2. The zero-order chi connectivity index (χ0) is 13.8. The highest BCUT2D eigenvalue weighted by Gasteiger charge is 2.32. The maximum absolute atomic E-state index is 13.4. The third-order valence-electron chi connectivity index (χ3n) is 1.70. The van der Waals surface area contributed by atoms with E-state index in [1.807, 2.05) is 5.32 Å². The van der Waals surface area contributed by atoms with Crippen molar-refractivity contribution in [3.05, 3.63) is 5.82 Å². The molecule has 0 fully saturated rings. The van der Waals surface area contributed by atoms with Gasteiger partial charge in [-0.05, 0) is 20.8 Å². The van der Waals surface area contributed by atoms with E-state index in [9.17, 15) is 13.6 Å². The van der Waals surface area contributed by atoms with Crippen molar-refractivity contribution in [2.75, 3.05) is 6.54 Å². The molecule has 1 amide bonds. The molecule has 0 saturated heterocycles. The fourth-order valence-electron chi connectivity index (χ4n) is 1.07. The molecule has 0 radical (unpaired) electrons. The van der Waals surface area contributed by atoms with E-state index in [4.69, 9.17) is 4.74 Å². The highest BCUT2D eigenvalue weighted by atomic mass is 19.3. The average Bonchev–Trinajstić information content (AvgIpc) is 2.64. The summed E-state index contributed by atoms with van der Waals surface area (Å²) in [5.41, 5.74) is -0.729. The molecule has 0 aliphatic heterocycles. The Balaban J connectivity index is 2.39. The Bertz CT molecular complexity index is 388. The van der Waals surface area contributed by atoms with Crippen molar-refractivity contribution in [3.63, 3.8) is 0 Å². The van der Waals surface area contributed by atoms with Gasteiger partial charge in [-0.2, -0.15) is 5.21 Å². The van der Waals surface area contributed by atoms with Crippen LogP contribution in [0.4, 0.5) is 13.6 Å². The van der Waals surface area contributed by atoms with Crippen molar-refractivity contribution < 1.29 is 18.3 Å². The number of ether oxygens (including phenoxy) is 1. The maximum atomic E-state index is 13.4. The number of alkyl carbamates (subject to hydrolysis) is 1. The molecule has 18 heavy (non-hydrogen) atoms. The molecule has 0 bridgehead atoms. The van der Waals surface area contributed by atoms with Gasteiger partial charge in [-0.1, -0.05) is 5.21 Å². The number of halogens is 2. The molecular weight excluding hydrogens is 248 g/mol. The van der Waals surface area contributed by atoms with Crippen molar-refractivity contribution in [1.29, 1.82) is 0 Å². The summed E-state index contributed by atoms with van der Waals surface area (Å²) in [7, 11) is 0. The first-order chi connectivity index (χ1) is 8.18. The summed E-state index contributed by atoms with van der Waals surface area (Å²) in [6.45, 7) is 4.08. The lowest BCUT2D eigenvalue weighted by molar-refractivity contribution is -0.00567. The van der Waals surface area contributed by atoms with Crippen LogP contribution in [0.1, 0.15) is 26.6 Å². The van der Waals surface area contributed by atoms with Gasteiger partial charge in [0.1, 0.15) is 5.60 Å². The zero-order valence-electron chi connectivity index (χ0n) is 10.3. The molecular formula is C9H15F2N5O2. The normalized spacial score (nSPS) is 12.3. The predicted octanol–water partition coefficient (Wildman–Crippen LogP) is 0.902. The van der Waals surface area contributed by atoms with E-state index in [-0.39, 0.29) is 5.82 Å². The molecule has 1 rings (SSSR count). The van der Waals surface area contributed by atoms with E-state index in [2.05, 4.69) is 20.6 Å². The van der Waals surface area contributed by atoms with Gasteiger partial charge >= 0.3 is 6.09 Å². The highest BCUT2D eigenvalue weighted by molar-refractivity contribution is 5.67. The van der Waals surface area contributed by atoms with E-state index >= 15 is 0 Å². The minimum Gasteiger partial charge on any atom is -0.444 e. The molecule has 9 heteroatoms. The quantitative estimate of drug-likeness (QED) is 0.842. The average molecular weight is 263 g/mol. The lowest BCUT2D eigenvalue weighted by Gasteiger charge is -2.21. The van der Waals surface area contributed by atoms with Gasteiger partial charge in [-0.3, -0.25) is 0 Å². The number of rotatable bonds is 4. The maximum Gasteiger partial charge on any atom is 0.407 e. The van der Waals surface area contributed by atoms with Crippen molar-refractivity contribution in [2.45, 2.75) is 38.7 Å². The van der Waals surface area contributed by atoms with Crippen LogP contribution in [-0.4, -0.2) is 44.8 Å². The Morgan fingerprint density at radius 3 is 2.61 bits per heavy atom. The molecule has 0 aromatic carbocycles. The lowest BCUT2D eigenvalue weighted by atomic mass is 10.2. The second kappa shape index (κ2) is 5.23. The molecule has 7 nitrogen and oxygen atoms in total. The molecule has 0 spiro atoms. The smallest absolute Gasteiger partial charge is 0.407 e. The highest BCUT2D eigenvalue weighted by Crippen LogP contribution is 2.16. The van der Waals surface area contributed by atoms with Crippen LogP contribution < -0.4 is 5.32 Å². The monoisotopic (exact) mass is 263 g/mol. The fourth-order valence-corrected chi connectivity index (χ4v) is 1.07. The molecule has 2 N–H and O–H groups in total. The van der Waals surface area contributed by atoms with E-state index in [1.165, 1.54) is 0 Å². The van der Waals surface area contributed by atoms with Crippen LogP contribution in [0.25, 0.3) is 0 Å². The van der Waals surface area contributed by atoms with Crippen molar-refractivity contribution in [2.24, 2.45) is 0 Å². The van der Waals surface area contributed by atoms with Crippen molar-refractivity contribution in [3.8, 4) is 0 Å². The Labute approximate surface area is 102 Å². The first-order valence-electron chi connectivity index (χ1n) is 5.25. The van der Waals surface area contributed by atoms with E-state index in [1.54, 1.807) is 20.8 Å². The van der Waals surface area contributed by atoms with E-state index in [0.29, 0.717) is 0 Å². The predicted molar refractivity (Wildman–Crippen MR) is 57.1 cm³/mol. The zero-order valence-corrected chi connectivity index (χ0v) is 10.3. The first kappa shape index (κ1) is 14.3. The number of amides is 1. The molecule has 0 saturated carbocycles. The van der Waals surface area contributed by atoms with Gasteiger partial charge in [0, 0.05) is 0 Å². The van der Waals surface area contributed by atoms with Gasteiger partial charge in [-0.15, -0.1) is 10.2 Å². The molecule has 0 aliphatic carbocycles. The van der Waals surface area contributed by atoms with Crippen molar-refractivity contribution >= 4 is 6.09 Å². The number of tetrazole rings is 1.